The Balaban J connectivity index is 4.85. The topological polar surface area (TPSA) is 27.7 Å². The summed E-state index contributed by atoms with van der Waals surface area (Å²) in [5.74, 6) is 1.36. The molecule has 0 aliphatic rings. The molecule has 0 bridgehead atoms. The number of methoxy groups -OCH3 is 1. The van der Waals surface area contributed by atoms with Gasteiger partial charge in [-0.15, -0.1) is 6.58 Å². The lowest BCUT2D eigenvalue weighted by Crippen LogP contribution is -2.41. The Labute approximate surface area is 203 Å². The molecule has 0 spiro atoms. The molecule has 0 saturated carbocycles. The van der Waals surface area contributed by atoms with E-state index in [4.69, 9.17) is 13.6 Å². The van der Waals surface area contributed by atoms with Gasteiger partial charge in [0, 0.05) is 7.11 Å². The first-order valence-electron chi connectivity index (χ1n) is 13.1. The fourth-order valence-electron chi connectivity index (χ4n) is 4.57. The minimum Gasteiger partial charge on any atom is -0.544 e. The molecule has 0 aromatic heterocycles. The van der Waals surface area contributed by atoms with Crippen LogP contribution in [0.1, 0.15) is 74.1 Å². The van der Waals surface area contributed by atoms with Crippen LogP contribution in [-0.4, -0.2) is 36.0 Å². The zero-order valence-electron chi connectivity index (χ0n) is 22.7. The molecule has 32 heavy (non-hydrogen) atoms. The molecule has 0 aliphatic heterocycles. The molecule has 0 aromatic rings. The summed E-state index contributed by atoms with van der Waals surface area (Å²) in [5.41, 5.74) is 0. The highest BCUT2D eigenvalue weighted by molar-refractivity contribution is 6.74. The maximum Gasteiger partial charge on any atom is 0.250 e. The first kappa shape index (κ1) is 31.4. The Hall–Kier alpha value is -0.626. The third-order valence-electron chi connectivity index (χ3n) is 7.43. The van der Waals surface area contributed by atoms with Crippen molar-refractivity contribution in [2.24, 2.45) is 5.92 Å². The van der Waals surface area contributed by atoms with E-state index in [2.05, 4.69) is 73.8 Å². The molecule has 0 rings (SSSR count). The van der Waals surface area contributed by atoms with Crippen LogP contribution in [0.2, 0.25) is 36.3 Å². The normalized spacial score (nSPS) is 15.5. The van der Waals surface area contributed by atoms with Crippen LogP contribution >= 0.6 is 0 Å². The molecule has 3 atom stereocenters. The number of hydrogen-bond donors (Lipinski definition) is 0. The average molecular weight is 483 g/mol. The van der Waals surface area contributed by atoms with Crippen LogP contribution in [0.4, 0.5) is 0 Å². The van der Waals surface area contributed by atoms with Gasteiger partial charge in [0.05, 0.1) is 18.0 Å². The largest absolute Gasteiger partial charge is 0.544 e. The molecule has 3 nitrogen and oxygen atoms in total. The van der Waals surface area contributed by atoms with E-state index in [9.17, 15) is 0 Å². The highest BCUT2D eigenvalue weighted by Crippen LogP contribution is 2.28. The maximum atomic E-state index is 6.78. The number of ether oxygens (including phenoxy) is 1. The minimum atomic E-state index is -1.64. The van der Waals surface area contributed by atoms with E-state index < -0.39 is 16.6 Å². The molecule has 5 heteroatoms. The van der Waals surface area contributed by atoms with Crippen molar-refractivity contribution in [2.75, 3.05) is 7.11 Å². The van der Waals surface area contributed by atoms with Crippen molar-refractivity contribution in [3.63, 3.8) is 0 Å². The summed E-state index contributed by atoms with van der Waals surface area (Å²) in [6, 6.07) is 6.96. The SMILES string of the molecule is C=CC[C@@H](C[C@H](C[C@H](C)C/C=C/C(=C)O[Si](CC)(CC)CC)OC)O[Si](CC)(CC)CC. The van der Waals surface area contributed by atoms with Crippen molar-refractivity contribution in [2.45, 2.75) is 123 Å². The van der Waals surface area contributed by atoms with Gasteiger partial charge < -0.3 is 13.6 Å². The Kier molecular flexibility index (Phi) is 16.6. The van der Waals surface area contributed by atoms with E-state index in [-0.39, 0.29) is 12.2 Å². The second-order valence-electron chi connectivity index (χ2n) is 9.39. The second kappa shape index (κ2) is 16.9. The highest BCUT2D eigenvalue weighted by atomic mass is 28.4. The van der Waals surface area contributed by atoms with Crippen LogP contribution in [0.15, 0.2) is 37.1 Å². The van der Waals surface area contributed by atoms with E-state index in [1.54, 1.807) is 0 Å². The van der Waals surface area contributed by atoms with Crippen molar-refractivity contribution < 1.29 is 13.6 Å². The summed E-state index contributed by atoms with van der Waals surface area (Å²) >= 11 is 0. The molecule has 0 heterocycles. The van der Waals surface area contributed by atoms with Gasteiger partial charge in [0.2, 0.25) is 8.32 Å². The maximum absolute atomic E-state index is 6.78. The molecule has 0 aromatic carbocycles. The number of hydrogen-bond acceptors (Lipinski definition) is 3. The zero-order valence-corrected chi connectivity index (χ0v) is 24.7. The summed E-state index contributed by atoms with van der Waals surface area (Å²) in [4.78, 5) is 0. The van der Waals surface area contributed by atoms with Crippen LogP contribution in [0.5, 0.6) is 0 Å². The van der Waals surface area contributed by atoms with Crippen LogP contribution in [0.25, 0.3) is 0 Å². The summed E-state index contributed by atoms with van der Waals surface area (Å²) < 4.78 is 19.0. The monoisotopic (exact) mass is 482 g/mol. The van der Waals surface area contributed by atoms with Gasteiger partial charge in [-0.05, 0) is 73.9 Å². The Bertz CT molecular complexity index is 522. The molecule has 0 saturated heterocycles. The van der Waals surface area contributed by atoms with Crippen molar-refractivity contribution in [3.05, 3.63) is 37.1 Å². The molecule has 0 amide bonds. The molecule has 0 fully saturated rings. The first-order valence-corrected chi connectivity index (χ1v) is 18.1. The molecule has 0 aliphatic carbocycles. The third-order valence-corrected chi connectivity index (χ3v) is 16.7. The predicted molar refractivity (Wildman–Crippen MR) is 147 cm³/mol. The van der Waals surface area contributed by atoms with Crippen LogP contribution in [0.3, 0.4) is 0 Å². The lowest BCUT2D eigenvalue weighted by atomic mass is 9.96. The van der Waals surface area contributed by atoms with Crippen LogP contribution in [0, 0.1) is 5.92 Å². The van der Waals surface area contributed by atoms with Gasteiger partial charge in [0.15, 0.2) is 8.32 Å². The summed E-state index contributed by atoms with van der Waals surface area (Å²) in [7, 11) is -1.43. The molecule has 0 unspecified atom stereocenters. The smallest absolute Gasteiger partial charge is 0.250 e. The lowest BCUT2D eigenvalue weighted by Gasteiger charge is -2.34. The fraction of sp³-hybridized carbons (Fsp3) is 0.778. The van der Waals surface area contributed by atoms with Crippen LogP contribution in [-0.2, 0) is 13.6 Å². The summed E-state index contributed by atoms with van der Waals surface area (Å²) in [6.07, 6.45) is 10.6. The lowest BCUT2D eigenvalue weighted by molar-refractivity contribution is 0.0373. The second-order valence-corrected chi connectivity index (χ2v) is 18.8. The van der Waals surface area contributed by atoms with Crippen molar-refractivity contribution >= 4 is 16.6 Å². The molecular formula is C27H54O3Si2. The Morgan fingerprint density at radius 1 is 0.812 bits per heavy atom. The molecule has 0 N–H and O–H groups in total. The Morgan fingerprint density at radius 2 is 1.34 bits per heavy atom. The van der Waals surface area contributed by atoms with Gasteiger partial charge in [-0.2, -0.15) is 0 Å². The summed E-state index contributed by atoms with van der Waals surface area (Å²) in [6.45, 7) is 24.0. The van der Waals surface area contributed by atoms with E-state index in [1.165, 1.54) is 18.1 Å². The van der Waals surface area contributed by atoms with Gasteiger partial charge in [0.25, 0.3) is 0 Å². The van der Waals surface area contributed by atoms with E-state index in [1.807, 2.05) is 13.2 Å². The highest BCUT2D eigenvalue weighted by Gasteiger charge is 2.33. The van der Waals surface area contributed by atoms with Crippen molar-refractivity contribution in [1.82, 2.24) is 0 Å². The van der Waals surface area contributed by atoms with E-state index in [0.717, 1.165) is 49.6 Å². The summed E-state index contributed by atoms with van der Waals surface area (Å²) in [5, 5.41) is 0. The Morgan fingerprint density at radius 3 is 1.78 bits per heavy atom. The van der Waals surface area contributed by atoms with Gasteiger partial charge in [-0.25, -0.2) is 0 Å². The molecule has 0 radical (unpaired) electrons. The van der Waals surface area contributed by atoms with E-state index in [0.29, 0.717) is 5.92 Å². The number of allylic oxidation sites excluding steroid dienone is 2. The number of rotatable bonds is 20. The molecular weight excluding hydrogens is 428 g/mol. The van der Waals surface area contributed by atoms with E-state index >= 15 is 0 Å². The standard InChI is InChI=1S/C27H54O3Si2/c1-11-19-26(30-32(15-5,16-6)17-7)23-27(28-10)22-24(8)20-18-21-25(9)29-31(12-2,13-3)14-4/h11,18,21,24,26-27H,1,9,12-17,19-20,22-23H2,2-8,10H3/b21-18+/t24-,26+,27+/m1/s1. The molecule has 188 valence electrons. The first-order chi connectivity index (χ1) is 15.2. The van der Waals surface area contributed by atoms with Gasteiger partial charge in [-0.3, -0.25) is 0 Å². The minimum absolute atomic E-state index is 0.209. The van der Waals surface area contributed by atoms with Crippen molar-refractivity contribution in [3.8, 4) is 0 Å². The van der Waals surface area contributed by atoms with Gasteiger partial charge in [-0.1, -0.05) is 67.2 Å². The fourth-order valence-corrected chi connectivity index (χ4v) is 10.0. The third kappa shape index (κ3) is 11.0. The van der Waals surface area contributed by atoms with Crippen molar-refractivity contribution in [1.29, 1.82) is 0 Å². The average Bonchev–Trinajstić information content (AvgIpc) is 2.80. The predicted octanol–water partition coefficient (Wildman–Crippen LogP) is 8.87. The van der Waals surface area contributed by atoms with Gasteiger partial charge in [0.1, 0.15) is 0 Å². The van der Waals surface area contributed by atoms with Crippen LogP contribution < -0.4 is 0 Å². The zero-order chi connectivity index (χ0) is 24.6. The quantitative estimate of drug-likeness (QED) is 0.0750. The van der Waals surface area contributed by atoms with Gasteiger partial charge >= 0.3 is 0 Å².